The van der Waals surface area contributed by atoms with Gasteiger partial charge in [-0.1, -0.05) is 72.8 Å². The second-order valence-corrected chi connectivity index (χ2v) is 7.86. The van der Waals surface area contributed by atoms with E-state index in [1.807, 2.05) is 24.3 Å². The highest BCUT2D eigenvalue weighted by molar-refractivity contribution is 6.05. The van der Waals surface area contributed by atoms with Gasteiger partial charge in [-0.05, 0) is 65.7 Å². The first-order chi connectivity index (χ1) is 15.9. The molecule has 0 unspecified atom stereocenters. The fraction of sp³-hybridized carbons (Fsp3) is 0. The van der Waals surface area contributed by atoms with Gasteiger partial charge in [-0.15, -0.1) is 0 Å². The summed E-state index contributed by atoms with van der Waals surface area (Å²) in [6.07, 6.45) is 0. The molecule has 0 radical (unpaired) electrons. The van der Waals surface area contributed by atoms with E-state index in [9.17, 15) is 0 Å². The Kier molecular flexibility index (Phi) is 4.47. The van der Waals surface area contributed by atoms with Crippen molar-refractivity contribution in [2.24, 2.45) is 0 Å². The summed E-state index contributed by atoms with van der Waals surface area (Å²) in [5, 5.41) is 2.31. The SMILES string of the molecule is c1ccc(N(c2ccccc2)c2ccc(-c3ccc4c(c3)oc3ccccc34)cc2)cc1. The lowest BCUT2D eigenvalue weighted by Gasteiger charge is -2.25. The quantitative estimate of drug-likeness (QED) is 0.288. The van der Waals surface area contributed by atoms with Gasteiger partial charge in [-0.3, -0.25) is 0 Å². The number of furan rings is 1. The maximum Gasteiger partial charge on any atom is 0.136 e. The summed E-state index contributed by atoms with van der Waals surface area (Å²) in [4.78, 5) is 2.27. The number of para-hydroxylation sites is 3. The molecule has 5 aromatic carbocycles. The van der Waals surface area contributed by atoms with Crippen LogP contribution in [0.4, 0.5) is 17.1 Å². The van der Waals surface area contributed by atoms with Crippen molar-refractivity contribution in [3.8, 4) is 11.1 Å². The molecule has 0 saturated heterocycles. The van der Waals surface area contributed by atoms with Gasteiger partial charge in [0.25, 0.3) is 0 Å². The van der Waals surface area contributed by atoms with E-state index in [0.29, 0.717) is 0 Å². The summed E-state index contributed by atoms with van der Waals surface area (Å²) in [6, 6.07) is 44.3. The summed E-state index contributed by atoms with van der Waals surface area (Å²) in [5.74, 6) is 0. The van der Waals surface area contributed by atoms with Crippen LogP contribution in [-0.4, -0.2) is 0 Å². The summed E-state index contributed by atoms with van der Waals surface area (Å²) in [7, 11) is 0. The largest absolute Gasteiger partial charge is 0.456 e. The zero-order chi connectivity index (χ0) is 21.3. The molecule has 0 fully saturated rings. The van der Waals surface area contributed by atoms with Crippen molar-refractivity contribution < 1.29 is 4.42 Å². The van der Waals surface area contributed by atoms with Crippen molar-refractivity contribution in [1.29, 1.82) is 0 Å². The number of hydrogen-bond acceptors (Lipinski definition) is 2. The fourth-order valence-corrected chi connectivity index (χ4v) is 4.31. The Hall–Kier alpha value is -4.30. The Morgan fingerprint density at radius 1 is 0.406 bits per heavy atom. The predicted octanol–water partition coefficient (Wildman–Crippen LogP) is 8.72. The highest BCUT2D eigenvalue weighted by atomic mass is 16.3. The number of nitrogens with zero attached hydrogens (tertiary/aromatic N) is 1. The normalized spacial score (nSPS) is 11.1. The molecular formula is C30H21NO. The molecule has 152 valence electrons. The van der Waals surface area contributed by atoms with Crippen LogP contribution < -0.4 is 4.90 Å². The van der Waals surface area contributed by atoms with Gasteiger partial charge in [0.15, 0.2) is 0 Å². The van der Waals surface area contributed by atoms with E-state index in [1.54, 1.807) is 0 Å². The average molecular weight is 412 g/mol. The van der Waals surface area contributed by atoms with Gasteiger partial charge in [0, 0.05) is 27.8 Å². The first kappa shape index (κ1) is 18.5. The van der Waals surface area contributed by atoms with Crippen molar-refractivity contribution in [1.82, 2.24) is 0 Å². The van der Waals surface area contributed by atoms with Crippen LogP contribution in [0.1, 0.15) is 0 Å². The van der Waals surface area contributed by atoms with Crippen LogP contribution in [0.5, 0.6) is 0 Å². The first-order valence-corrected chi connectivity index (χ1v) is 10.8. The monoisotopic (exact) mass is 411 g/mol. The highest BCUT2D eigenvalue weighted by Crippen LogP contribution is 2.36. The molecule has 0 aliphatic carbocycles. The molecule has 2 heteroatoms. The Bertz CT molecular complexity index is 1460. The molecule has 0 N–H and O–H groups in total. The Labute approximate surface area is 187 Å². The van der Waals surface area contributed by atoms with Crippen LogP contribution in [0.15, 0.2) is 132 Å². The number of rotatable bonds is 4. The van der Waals surface area contributed by atoms with Gasteiger partial charge in [-0.2, -0.15) is 0 Å². The fourth-order valence-electron chi connectivity index (χ4n) is 4.31. The number of hydrogen-bond donors (Lipinski definition) is 0. The van der Waals surface area contributed by atoms with Gasteiger partial charge in [0.2, 0.25) is 0 Å². The molecule has 1 heterocycles. The topological polar surface area (TPSA) is 16.4 Å². The molecule has 0 aliphatic heterocycles. The highest BCUT2D eigenvalue weighted by Gasteiger charge is 2.12. The summed E-state index contributed by atoms with van der Waals surface area (Å²) < 4.78 is 6.08. The molecule has 6 aromatic rings. The van der Waals surface area contributed by atoms with Crippen LogP contribution in [0.25, 0.3) is 33.1 Å². The van der Waals surface area contributed by atoms with Crippen molar-refractivity contribution in [3.63, 3.8) is 0 Å². The maximum absolute atomic E-state index is 6.08. The van der Waals surface area contributed by atoms with E-state index in [0.717, 1.165) is 50.1 Å². The minimum Gasteiger partial charge on any atom is -0.456 e. The van der Waals surface area contributed by atoms with E-state index in [2.05, 4.69) is 108 Å². The summed E-state index contributed by atoms with van der Waals surface area (Å²) >= 11 is 0. The minimum absolute atomic E-state index is 0.919. The van der Waals surface area contributed by atoms with Gasteiger partial charge in [0.1, 0.15) is 11.2 Å². The summed E-state index contributed by atoms with van der Waals surface area (Å²) in [5.41, 5.74) is 7.55. The third-order valence-corrected chi connectivity index (χ3v) is 5.87. The Balaban J connectivity index is 1.40. The number of fused-ring (bicyclic) bond motifs is 3. The van der Waals surface area contributed by atoms with Crippen molar-refractivity contribution in [2.45, 2.75) is 0 Å². The summed E-state index contributed by atoms with van der Waals surface area (Å²) in [6.45, 7) is 0. The van der Waals surface area contributed by atoms with Gasteiger partial charge in [0.05, 0.1) is 0 Å². The minimum atomic E-state index is 0.919. The molecule has 0 aliphatic rings. The number of benzene rings is 5. The van der Waals surface area contributed by atoms with Gasteiger partial charge < -0.3 is 9.32 Å². The smallest absolute Gasteiger partial charge is 0.136 e. The van der Waals surface area contributed by atoms with Gasteiger partial charge >= 0.3 is 0 Å². The molecule has 1 aromatic heterocycles. The average Bonchev–Trinajstić information content (AvgIpc) is 3.24. The van der Waals surface area contributed by atoms with Crippen LogP contribution in [0.3, 0.4) is 0 Å². The van der Waals surface area contributed by atoms with E-state index < -0.39 is 0 Å². The van der Waals surface area contributed by atoms with Crippen LogP contribution in [0.2, 0.25) is 0 Å². The Morgan fingerprint density at radius 2 is 0.938 bits per heavy atom. The van der Waals surface area contributed by atoms with Crippen molar-refractivity contribution in [2.75, 3.05) is 4.90 Å². The van der Waals surface area contributed by atoms with Crippen LogP contribution in [0, 0.1) is 0 Å². The Morgan fingerprint density at radius 3 is 1.62 bits per heavy atom. The molecule has 0 saturated carbocycles. The zero-order valence-corrected chi connectivity index (χ0v) is 17.5. The van der Waals surface area contributed by atoms with E-state index in [1.165, 1.54) is 0 Å². The molecule has 0 amide bonds. The second-order valence-electron chi connectivity index (χ2n) is 7.86. The van der Waals surface area contributed by atoms with E-state index in [4.69, 9.17) is 4.42 Å². The first-order valence-electron chi connectivity index (χ1n) is 10.8. The third-order valence-electron chi connectivity index (χ3n) is 5.87. The molecule has 0 spiro atoms. The van der Waals surface area contributed by atoms with Crippen molar-refractivity contribution >= 4 is 39.0 Å². The van der Waals surface area contributed by atoms with Gasteiger partial charge in [-0.25, -0.2) is 0 Å². The second kappa shape index (κ2) is 7.75. The number of anilines is 3. The molecule has 0 atom stereocenters. The lowest BCUT2D eigenvalue weighted by Crippen LogP contribution is -2.09. The molecule has 0 bridgehead atoms. The predicted molar refractivity (Wildman–Crippen MR) is 134 cm³/mol. The van der Waals surface area contributed by atoms with Crippen LogP contribution >= 0.6 is 0 Å². The molecule has 6 rings (SSSR count). The molecular weight excluding hydrogens is 390 g/mol. The van der Waals surface area contributed by atoms with Crippen LogP contribution in [-0.2, 0) is 0 Å². The third kappa shape index (κ3) is 3.23. The van der Waals surface area contributed by atoms with E-state index in [-0.39, 0.29) is 0 Å². The van der Waals surface area contributed by atoms with Crippen molar-refractivity contribution in [3.05, 3.63) is 127 Å². The molecule has 2 nitrogen and oxygen atoms in total. The van der Waals surface area contributed by atoms with E-state index >= 15 is 0 Å². The standard InChI is InChI=1S/C30H21NO/c1-3-9-24(10-4-1)31(25-11-5-2-6-12-25)26-18-15-22(16-19-26)23-17-20-28-27-13-7-8-14-29(27)32-30(28)21-23/h1-21H. The lowest BCUT2D eigenvalue weighted by atomic mass is 10.0. The molecule has 32 heavy (non-hydrogen) atoms. The maximum atomic E-state index is 6.08. The zero-order valence-electron chi connectivity index (χ0n) is 17.5. The lowest BCUT2D eigenvalue weighted by molar-refractivity contribution is 0.669.